The highest BCUT2D eigenvalue weighted by Gasteiger charge is 2.27. The molecule has 1 amide bonds. The Hall–Kier alpha value is -1.50. The molecule has 1 N–H and O–H groups in total. The van der Waals surface area contributed by atoms with Crippen LogP contribution in [0.4, 0.5) is 0 Å². The lowest BCUT2D eigenvalue weighted by molar-refractivity contribution is -0.123. The minimum Gasteiger partial charge on any atom is -0.381 e. The number of nitrogens with zero attached hydrogens (tertiary/aromatic N) is 3. The molecular weight excluding hydrogens is 316 g/mol. The van der Waals surface area contributed by atoms with Crippen molar-refractivity contribution in [3.8, 4) is 0 Å². The van der Waals surface area contributed by atoms with E-state index in [1.165, 1.54) is 0 Å². The molecule has 3 heterocycles. The van der Waals surface area contributed by atoms with Gasteiger partial charge in [-0.1, -0.05) is 6.07 Å². The van der Waals surface area contributed by atoms with Crippen molar-refractivity contribution in [2.75, 3.05) is 39.9 Å². The van der Waals surface area contributed by atoms with Crippen molar-refractivity contribution in [2.45, 2.75) is 44.3 Å². The van der Waals surface area contributed by atoms with Gasteiger partial charge in [0.25, 0.3) is 0 Å². The lowest BCUT2D eigenvalue weighted by Gasteiger charge is -2.39. The first-order chi connectivity index (χ1) is 12.2. The molecule has 1 aromatic rings. The van der Waals surface area contributed by atoms with Gasteiger partial charge in [0.05, 0.1) is 6.54 Å². The van der Waals surface area contributed by atoms with E-state index < -0.39 is 0 Å². The second-order valence-electron chi connectivity index (χ2n) is 7.25. The topological polar surface area (TPSA) is 57.7 Å². The maximum absolute atomic E-state index is 12.3. The molecule has 2 fully saturated rings. The van der Waals surface area contributed by atoms with E-state index in [9.17, 15) is 4.79 Å². The Kier molecular flexibility index (Phi) is 6.78. The van der Waals surface area contributed by atoms with Crippen LogP contribution < -0.4 is 5.32 Å². The smallest absolute Gasteiger partial charge is 0.234 e. The molecule has 0 radical (unpaired) electrons. The van der Waals surface area contributed by atoms with Crippen molar-refractivity contribution in [1.29, 1.82) is 0 Å². The molecule has 0 unspecified atom stereocenters. The van der Waals surface area contributed by atoms with Gasteiger partial charge < -0.3 is 15.0 Å². The van der Waals surface area contributed by atoms with Gasteiger partial charge in [0, 0.05) is 57.3 Å². The number of rotatable bonds is 6. The summed E-state index contributed by atoms with van der Waals surface area (Å²) in [4.78, 5) is 21.0. The zero-order chi connectivity index (χ0) is 17.5. The molecule has 138 valence electrons. The fourth-order valence-electron chi connectivity index (χ4n) is 3.84. The molecule has 2 aliphatic rings. The first kappa shape index (κ1) is 18.3. The van der Waals surface area contributed by atoms with Crippen LogP contribution in [-0.4, -0.2) is 72.7 Å². The molecular formula is C19H30N4O2. The first-order valence-corrected chi connectivity index (χ1v) is 9.39. The van der Waals surface area contributed by atoms with E-state index in [-0.39, 0.29) is 5.91 Å². The number of carbonyl (C=O) groups excluding carboxylic acids is 1. The summed E-state index contributed by atoms with van der Waals surface area (Å²) in [7, 11) is 1.97. The Morgan fingerprint density at radius 1 is 1.32 bits per heavy atom. The monoisotopic (exact) mass is 346 g/mol. The van der Waals surface area contributed by atoms with Gasteiger partial charge >= 0.3 is 0 Å². The number of hydrogen-bond acceptors (Lipinski definition) is 5. The maximum atomic E-state index is 12.3. The highest BCUT2D eigenvalue weighted by molar-refractivity contribution is 5.78. The Bertz CT molecular complexity index is 525. The third kappa shape index (κ3) is 5.76. The molecule has 0 aliphatic carbocycles. The molecule has 0 saturated carbocycles. The van der Waals surface area contributed by atoms with Crippen LogP contribution in [0.3, 0.4) is 0 Å². The number of ether oxygens (including phenoxy) is 1. The fraction of sp³-hybridized carbons (Fsp3) is 0.684. The summed E-state index contributed by atoms with van der Waals surface area (Å²) in [5.41, 5.74) is 1.13. The maximum Gasteiger partial charge on any atom is 0.234 e. The van der Waals surface area contributed by atoms with E-state index in [1.54, 1.807) is 6.20 Å². The second-order valence-corrected chi connectivity index (χ2v) is 7.25. The number of piperidine rings is 1. The average molecular weight is 346 g/mol. The number of aromatic nitrogens is 1. The molecule has 2 aliphatic heterocycles. The Labute approximate surface area is 150 Å². The molecule has 0 atom stereocenters. The molecule has 0 spiro atoms. The molecule has 0 aromatic carbocycles. The largest absolute Gasteiger partial charge is 0.381 e. The number of pyridine rings is 1. The predicted molar refractivity (Wildman–Crippen MR) is 97.1 cm³/mol. The van der Waals surface area contributed by atoms with E-state index in [1.807, 2.05) is 30.3 Å². The van der Waals surface area contributed by atoms with Gasteiger partial charge in [0.1, 0.15) is 0 Å². The van der Waals surface area contributed by atoms with Crippen molar-refractivity contribution >= 4 is 5.91 Å². The summed E-state index contributed by atoms with van der Waals surface area (Å²) in [6.07, 6.45) is 8.01. The number of amides is 1. The van der Waals surface area contributed by atoms with Crippen LogP contribution in [0, 0.1) is 0 Å². The molecule has 0 bridgehead atoms. The zero-order valence-corrected chi connectivity index (χ0v) is 15.2. The quantitative estimate of drug-likeness (QED) is 0.841. The van der Waals surface area contributed by atoms with E-state index in [4.69, 9.17) is 4.74 Å². The van der Waals surface area contributed by atoms with Gasteiger partial charge in [0.2, 0.25) is 5.91 Å². The minimum absolute atomic E-state index is 0.121. The van der Waals surface area contributed by atoms with Crippen LogP contribution in [0.5, 0.6) is 0 Å². The Morgan fingerprint density at radius 3 is 2.76 bits per heavy atom. The van der Waals surface area contributed by atoms with E-state index >= 15 is 0 Å². The summed E-state index contributed by atoms with van der Waals surface area (Å²) in [6, 6.07) is 4.95. The van der Waals surface area contributed by atoms with Crippen molar-refractivity contribution < 1.29 is 9.53 Å². The van der Waals surface area contributed by atoms with Crippen molar-refractivity contribution in [3.63, 3.8) is 0 Å². The lowest BCUT2D eigenvalue weighted by Crippen LogP contribution is -2.50. The highest BCUT2D eigenvalue weighted by Crippen LogP contribution is 2.19. The summed E-state index contributed by atoms with van der Waals surface area (Å²) in [5, 5.41) is 3.21. The molecule has 3 rings (SSSR count). The number of hydrogen-bond donors (Lipinski definition) is 1. The van der Waals surface area contributed by atoms with Crippen LogP contribution in [-0.2, 0) is 16.1 Å². The van der Waals surface area contributed by atoms with E-state index in [2.05, 4.69) is 15.2 Å². The Morgan fingerprint density at radius 2 is 2.08 bits per heavy atom. The van der Waals surface area contributed by atoms with Gasteiger partial charge in [-0.3, -0.25) is 14.7 Å². The molecule has 6 heteroatoms. The number of nitrogens with one attached hydrogen (secondary N) is 1. The Balaban J connectivity index is 1.36. The van der Waals surface area contributed by atoms with Gasteiger partial charge in [-0.25, -0.2) is 0 Å². The van der Waals surface area contributed by atoms with Crippen molar-refractivity contribution in [2.24, 2.45) is 0 Å². The van der Waals surface area contributed by atoms with Gasteiger partial charge in [-0.2, -0.15) is 0 Å². The predicted octanol–water partition coefficient (Wildman–Crippen LogP) is 1.27. The van der Waals surface area contributed by atoms with Gasteiger partial charge in [-0.05, 0) is 44.4 Å². The first-order valence-electron chi connectivity index (χ1n) is 9.39. The third-order valence-electron chi connectivity index (χ3n) is 5.19. The fourth-order valence-corrected chi connectivity index (χ4v) is 3.84. The minimum atomic E-state index is 0.121. The van der Waals surface area contributed by atoms with E-state index in [0.29, 0.717) is 18.6 Å². The standard InChI is InChI=1S/C19H30N4O2/c1-22(14-16-3-2-8-20-13-16)15-19(24)21-17-4-9-23(10-5-17)18-6-11-25-12-7-18/h2-3,8,13,17-18H,4-7,9-12,14-15H2,1H3,(H,21,24). The molecule has 1 aromatic heterocycles. The third-order valence-corrected chi connectivity index (χ3v) is 5.19. The number of carbonyl (C=O) groups is 1. The van der Waals surface area contributed by atoms with E-state index in [0.717, 1.165) is 64.1 Å². The summed E-state index contributed by atoms with van der Waals surface area (Å²) in [5.74, 6) is 0.121. The van der Waals surface area contributed by atoms with Crippen LogP contribution in [0.15, 0.2) is 24.5 Å². The van der Waals surface area contributed by atoms with Crippen molar-refractivity contribution in [1.82, 2.24) is 20.1 Å². The average Bonchev–Trinajstić information content (AvgIpc) is 2.63. The van der Waals surface area contributed by atoms with Crippen LogP contribution >= 0.6 is 0 Å². The number of likely N-dealkylation sites (N-methyl/N-ethyl adjacent to an activating group) is 1. The van der Waals surface area contributed by atoms with Gasteiger partial charge in [0.15, 0.2) is 0 Å². The summed E-state index contributed by atoms with van der Waals surface area (Å²) in [6.45, 7) is 5.12. The highest BCUT2D eigenvalue weighted by atomic mass is 16.5. The molecule has 25 heavy (non-hydrogen) atoms. The van der Waals surface area contributed by atoms with Crippen molar-refractivity contribution in [3.05, 3.63) is 30.1 Å². The summed E-state index contributed by atoms with van der Waals surface area (Å²) < 4.78 is 5.45. The summed E-state index contributed by atoms with van der Waals surface area (Å²) >= 11 is 0. The molecule has 2 saturated heterocycles. The van der Waals surface area contributed by atoms with Gasteiger partial charge in [-0.15, -0.1) is 0 Å². The normalized spacial score (nSPS) is 20.7. The van der Waals surface area contributed by atoms with Crippen LogP contribution in [0.25, 0.3) is 0 Å². The second kappa shape index (κ2) is 9.27. The molecule has 6 nitrogen and oxygen atoms in total. The van der Waals surface area contributed by atoms with Crippen LogP contribution in [0.1, 0.15) is 31.2 Å². The number of likely N-dealkylation sites (tertiary alicyclic amines) is 1. The lowest BCUT2D eigenvalue weighted by atomic mass is 9.99. The SMILES string of the molecule is CN(CC(=O)NC1CCN(C2CCOCC2)CC1)Cc1cccnc1. The zero-order valence-electron chi connectivity index (χ0n) is 15.2. The van der Waals surface area contributed by atoms with Crippen LogP contribution in [0.2, 0.25) is 0 Å².